The largest absolute Gasteiger partial charge is 0.481 e. The topological polar surface area (TPSA) is 105 Å². The quantitative estimate of drug-likeness (QED) is 0.498. The standard InChI is InChI=1S/C26H28N4O4/c1-17(31)26-27-10-12-30(26)14-20-13-24(28-34-20)19-7-4-18(5-8-19)6-9-21-22-15-29(16-23(21)22)11-2-3-25(32)33/h4-5,7-8,10,12-13,17,21-23,31H,2-3,11,14-16H2,1H3,(H,32,33)/t17-,21?,22-,23+/m0/s1. The van der Waals surface area contributed by atoms with Crippen LogP contribution in [0.4, 0.5) is 0 Å². The molecule has 34 heavy (non-hydrogen) atoms. The molecule has 1 saturated heterocycles. The molecule has 5 rings (SSSR count). The Morgan fingerprint density at radius 1 is 1.26 bits per heavy atom. The number of piperidine rings is 1. The van der Waals surface area contributed by atoms with Gasteiger partial charge in [-0.05, 0) is 43.9 Å². The number of hydrogen-bond acceptors (Lipinski definition) is 6. The molecule has 0 radical (unpaired) electrons. The van der Waals surface area contributed by atoms with Gasteiger partial charge >= 0.3 is 5.97 Å². The lowest BCUT2D eigenvalue weighted by Gasteiger charge is -2.17. The van der Waals surface area contributed by atoms with Gasteiger partial charge < -0.3 is 24.2 Å². The molecular weight excluding hydrogens is 432 g/mol. The molecule has 3 aromatic rings. The van der Waals surface area contributed by atoms with Gasteiger partial charge in [0.2, 0.25) is 0 Å². The number of hydrogen-bond donors (Lipinski definition) is 2. The first-order chi connectivity index (χ1) is 16.5. The Bertz CT molecular complexity index is 1210. The van der Waals surface area contributed by atoms with Crippen molar-refractivity contribution in [2.24, 2.45) is 17.8 Å². The molecule has 0 bridgehead atoms. The van der Waals surface area contributed by atoms with Gasteiger partial charge in [-0.3, -0.25) is 4.79 Å². The van der Waals surface area contributed by atoms with Crippen LogP contribution in [-0.4, -0.2) is 55.4 Å². The fourth-order valence-corrected chi connectivity index (χ4v) is 4.87. The minimum Gasteiger partial charge on any atom is -0.481 e. The number of fused-ring (bicyclic) bond motifs is 1. The third-order valence-electron chi connectivity index (χ3n) is 6.70. The number of benzene rings is 1. The van der Waals surface area contributed by atoms with E-state index >= 15 is 0 Å². The Labute approximate surface area is 198 Å². The van der Waals surface area contributed by atoms with Gasteiger partial charge in [-0.2, -0.15) is 0 Å². The SMILES string of the molecule is C[C@H](O)c1nccn1Cc1cc(-c2ccc(C#CC3[C@H]4CN(CCCC(=O)O)C[C@@H]34)cc2)no1. The number of carbonyl (C=O) groups is 1. The van der Waals surface area contributed by atoms with Crippen LogP contribution < -0.4 is 0 Å². The molecule has 176 valence electrons. The molecule has 8 nitrogen and oxygen atoms in total. The van der Waals surface area contributed by atoms with E-state index in [0.29, 0.717) is 35.9 Å². The highest BCUT2D eigenvalue weighted by Gasteiger charge is 2.54. The number of aliphatic carboxylic acids is 1. The highest BCUT2D eigenvalue weighted by Crippen LogP contribution is 2.51. The highest BCUT2D eigenvalue weighted by molar-refractivity contribution is 5.66. The van der Waals surface area contributed by atoms with Gasteiger partial charge in [0.25, 0.3) is 0 Å². The van der Waals surface area contributed by atoms with Crippen LogP contribution >= 0.6 is 0 Å². The van der Waals surface area contributed by atoms with Gasteiger partial charge in [0, 0.05) is 55.0 Å². The summed E-state index contributed by atoms with van der Waals surface area (Å²) in [5.74, 6) is 9.04. The normalized spacial score (nSPS) is 22.1. The summed E-state index contributed by atoms with van der Waals surface area (Å²) >= 11 is 0. The summed E-state index contributed by atoms with van der Waals surface area (Å²) in [6.45, 7) is 5.08. The zero-order valence-corrected chi connectivity index (χ0v) is 19.1. The molecule has 3 heterocycles. The summed E-state index contributed by atoms with van der Waals surface area (Å²) in [7, 11) is 0. The summed E-state index contributed by atoms with van der Waals surface area (Å²) in [6, 6.07) is 9.92. The van der Waals surface area contributed by atoms with Crippen LogP contribution in [0.1, 0.15) is 43.0 Å². The Hall–Kier alpha value is -3.41. The number of aromatic nitrogens is 3. The van der Waals surface area contributed by atoms with Crippen LogP contribution in [0.25, 0.3) is 11.3 Å². The first-order valence-electron chi connectivity index (χ1n) is 11.7. The van der Waals surface area contributed by atoms with Gasteiger partial charge in [-0.1, -0.05) is 29.1 Å². The minimum atomic E-state index is -0.719. The molecule has 2 aliphatic rings. The maximum absolute atomic E-state index is 10.7. The van der Waals surface area contributed by atoms with E-state index in [0.717, 1.165) is 42.9 Å². The summed E-state index contributed by atoms with van der Waals surface area (Å²) in [5, 5.41) is 22.8. The number of imidazole rings is 1. The van der Waals surface area contributed by atoms with E-state index < -0.39 is 12.1 Å². The Kier molecular flexibility index (Phi) is 6.22. The molecule has 2 N–H and O–H groups in total. The van der Waals surface area contributed by atoms with Crippen molar-refractivity contribution in [3.63, 3.8) is 0 Å². The number of rotatable bonds is 8. The fraction of sp³-hybridized carbons (Fsp3) is 0.423. The van der Waals surface area contributed by atoms with Crippen molar-refractivity contribution >= 4 is 5.97 Å². The molecule has 1 aromatic carbocycles. The summed E-state index contributed by atoms with van der Waals surface area (Å²) in [5.41, 5.74) is 2.70. The van der Waals surface area contributed by atoms with E-state index in [9.17, 15) is 9.90 Å². The molecule has 1 aliphatic heterocycles. The Balaban J connectivity index is 1.14. The first-order valence-corrected chi connectivity index (χ1v) is 11.7. The highest BCUT2D eigenvalue weighted by atomic mass is 16.5. The van der Waals surface area contributed by atoms with Crippen molar-refractivity contribution in [1.82, 2.24) is 19.6 Å². The zero-order valence-electron chi connectivity index (χ0n) is 19.1. The van der Waals surface area contributed by atoms with Gasteiger partial charge in [0.15, 0.2) is 5.76 Å². The van der Waals surface area contributed by atoms with Crippen LogP contribution in [0.3, 0.4) is 0 Å². The van der Waals surface area contributed by atoms with Crippen molar-refractivity contribution in [2.45, 2.75) is 32.4 Å². The lowest BCUT2D eigenvalue weighted by Crippen LogP contribution is -2.25. The molecule has 0 spiro atoms. The van der Waals surface area contributed by atoms with Crippen LogP contribution in [0.15, 0.2) is 47.2 Å². The van der Waals surface area contributed by atoms with E-state index in [-0.39, 0.29) is 6.42 Å². The molecule has 0 amide bonds. The van der Waals surface area contributed by atoms with E-state index in [4.69, 9.17) is 9.63 Å². The number of aliphatic hydroxyl groups is 1. The molecule has 4 atom stereocenters. The summed E-state index contributed by atoms with van der Waals surface area (Å²) in [6.07, 6.45) is 3.78. The minimum absolute atomic E-state index is 0.245. The lowest BCUT2D eigenvalue weighted by atomic mass is 10.1. The van der Waals surface area contributed by atoms with E-state index in [1.165, 1.54) is 0 Å². The van der Waals surface area contributed by atoms with E-state index in [1.807, 2.05) is 41.1 Å². The number of likely N-dealkylation sites (tertiary alicyclic amines) is 1. The van der Waals surface area contributed by atoms with E-state index in [2.05, 4.69) is 26.9 Å². The van der Waals surface area contributed by atoms with Crippen molar-refractivity contribution < 1.29 is 19.5 Å². The summed E-state index contributed by atoms with van der Waals surface area (Å²) < 4.78 is 7.33. The van der Waals surface area contributed by atoms with Crippen molar-refractivity contribution in [2.75, 3.05) is 19.6 Å². The van der Waals surface area contributed by atoms with Gasteiger partial charge in [0.1, 0.15) is 17.6 Å². The second kappa shape index (κ2) is 9.45. The molecule has 1 aliphatic carbocycles. The maximum atomic E-state index is 10.7. The number of aliphatic hydroxyl groups excluding tert-OH is 1. The van der Waals surface area contributed by atoms with Gasteiger partial charge in [-0.25, -0.2) is 4.98 Å². The molecule has 2 fully saturated rings. The monoisotopic (exact) mass is 460 g/mol. The number of nitrogens with zero attached hydrogens (tertiary/aromatic N) is 4. The average Bonchev–Trinajstić information content (AvgIpc) is 3.30. The first kappa shape index (κ1) is 22.4. The van der Waals surface area contributed by atoms with Crippen LogP contribution in [0.5, 0.6) is 0 Å². The maximum Gasteiger partial charge on any atom is 0.303 e. The van der Waals surface area contributed by atoms with Crippen LogP contribution in [0, 0.1) is 29.6 Å². The van der Waals surface area contributed by atoms with E-state index in [1.54, 1.807) is 13.1 Å². The third kappa shape index (κ3) is 4.91. The fourth-order valence-electron chi connectivity index (χ4n) is 4.87. The Morgan fingerprint density at radius 2 is 2.03 bits per heavy atom. The van der Waals surface area contributed by atoms with Crippen molar-refractivity contribution in [1.29, 1.82) is 0 Å². The smallest absolute Gasteiger partial charge is 0.303 e. The van der Waals surface area contributed by atoms with Crippen molar-refractivity contribution in [3.8, 4) is 23.1 Å². The Morgan fingerprint density at radius 3 is 2.74 bits per heavy atom. The van der Waals surface area contributed by atoms with Gasteiger partial charge in [-0.15, -0.1) is 0 Å². The second-order valence-corrected chi connectivity index (χ2v) is 9.22. The lowest BCUT2D eigenvalue weighted by molar-refractivity contribution is -0.137. The van der Waals surface area contributed by atoms with Gasteiger partial charge in [0.05, 0.1) is 6.54 Å². The molecule has 8 heteroatoms. The number of carboxylic acids is 1. The van der Waals surface area contributed by atoms with Crippen LogP contribution in [0.2, 0.25) is 0 Å². The summed E-state index contributed by atoms with van der Waals surface area (Å²) in [4.78, 5) is 17.2. The predicted molar refractivity (Wildman–Crippen MR) is 125 cm³/mol. The molecule has 2 aromatic heterocycles. The third-order valence-corrected chi connectivity index (χ3v) is 6.70. The second-order valence-electron chi connectivity index (χ2n) is 9.22. The molecule has 1 unspecified atom stereocenters. The average molecular weight is 461 g/mol. The molecular formula is C26H28N4O4. The number of carboxylic acid groups (broad SMARTS) is 1. The molecule has 1 saturated carbocycles. The predicted octanol–water partition coefficient (Wildman–Crippen LogP) is 3.03. The van der Waals surface area contributed by atoms with Crippen molar-refractivity contribution in [3.05, 3.63) is 59.9 Å². The zero-order chi connectivity index (χ0) is 23.7. The van der Waals surface area contributed by atoms with Crippen LogP contribution in [-0.2, 0) is 11.3 Å².